The summed E-state index contributed by atoms with van der Waals surface area (Å²) in [6.07, 6.45) is 0. The lowest BCUT2D eigenvalue weighted by Gasteiger charge is -2.20. The molecule has 2 aromatic rings. The van der Waals surface area contributed by atoms with E-state index >= 15 is 0 Å². The standard InChI is InChI=1S/C17H12Cl2N4O2/c18-11-4-6-13(7-5-11)23-16(24)14-15(17(23)25)22(21-20-14)9-10-2-1-3-12(19)8-10/h1-8,14-15H,9H2/t14-,15-/m1/s1. The molecule has 0 unspecified atom stereocenters. The number of rotatable bonds is 3. The van der Waals surface area contributed by atoms with Gasteiger partial charge in [0.1, 0.15) is 0 Å². The first-order chi connectivity index (χ1) is 12.0. The van der Waals surface area contributed by atoms with Gasteiger partial charge in [-0.1, -0.05) is 40.6 Å². The highest BCUT2D eigenvalue weighted by atomic mass is 35.5. The molecule has 6 nitrogen and oxygen atoms in total. The number of halogens is 2. The van der Waals surface area contributed by atoms with Crippen molar-refractivity contribution in [2.45, 2.75) is 18.6 Å². The molecule has 2 heterocycles. The van der Waals surface area contributed by atoms with Crippen molar-refractivity contribution in [1.29, 1.82) is 0 Å². The molecule has 0 aromatic heterocycles. The van der Waals surface area contributed by atoms with Gasteiger partial charge in [0.15, 0.2) is 12.1 Å². The molecule has 0 N–H and O–H groups in total. The summed E-state index contributed by atoms with van der Waals surface area (Å²) in [7, 11) is 0. The van der Waals surface area contributed by atoms with Crippen molar-refractivity contribution < 1.29 is 9.59 Å². The Balaban J connectivity index is 1.60. The summed E-state index contributed by atoms with van der Waals surface area (Å²) in [6.45, 7) is 0.346. The number of carbonyl (C=O) groups excluding carboxylic acids is 2. The van der Waals surface area contributed by atoms with Crippen LogP contribution in [0.2, 0.25) is 10.0 Å². The van der Waals surface area contributed by atoms with Gasteiger partial charge in [0.2, 0.25) is 0 Å². The normalized spacial score (nSPS) is 22.0. The highest BCUT2D eigenvalue weighted by Gasteiger charge is 2.54. The summed E-state index contributed by atoms with van der Waals surface area (Å²) in [5.41, 5.74) is 1.36. The van der Waals surface area contributed by atoms with Crippen molar-refractivity contribution in [3.05, 3.63) is 64.1 Å². The molecule has 126 valence electrons. The van der Waals surface area contributed by atoms with Crippen LogP contribution in [0.1, 0.15) is 5.56 Å². The molecule has 2 aliphatic heterocycles. The first-order valence-corrected chi connectivity index (χ1v) is 8.35. The van der Waals surface area contributed by atoms with E-state index in [1.165, 1.54) is 5.01 Å². The Hall–Kier alpha value is -2.44. The number of amides is 2. The van der Waals surface area contributed by atoms with Gasteiger partial charge in [-0.3, -0.25) is 14.6 Å². The number of imide groups is 1. The fraction of sp³-hybridized carbons (Fsp3) is 0.176. The number of benzene rings is 2. The third-order valence-corrected chi connectivity index (χ3v) is 4.66. The summed E-state index contributed by atoms with van der Waals surface area (Å²) in [6, 6.07) is 12.3. The SMILES string of the molecule is O=C1[C@@H]2N=NN(Cc3cccc(Cl)c3)[C@H]2C(=O)N1c1ccc(Cl)cc1. The molecule has 2 aromatic carbocycles. The van der Waals surface area contributed by atoms with Gasteiger partial charge in [-0.2, -0.15) is 5.11 Å². The summed E-state index contributed by atoms with van der Waals surface area (Å²) in [4.78, 5) is 26.6. The van der Waals surface area contributed by atoms with Gasteiger partial charge in [0.25, 0.3) is 11.8 Å². The Morgan fingerprint density at radius 1 is 0.960 bits per heavy atom. The van der Waals surface area contributed by atoms with E-state index in [-0.39, 0.29) is 11.8 Å². The second kappa shape index (κ2) is 6.13. The zero-order chi connectivity index (χ0) is 17.6. The van der Waals surface area contributed by atoms with Gasteiger partial charge in [0.05, 0.1) is 12.2 Å². The molecule has 0 aliphatic carbocycles. The van der Waals surface area contributed by atoms with Crippen molar-refractivity contribution in [2.75, 3.05) is 4.90 Å². The van der Waals surface area contributed by atoms with Gasteiger partial charge in [0, 0.05) is 10.0 Å². The molecule has 25 heavy (non-hydrogen) atoms. The highest BCUT2D eigenvalue weighted by Crippen LogP contribution is 2.33. The number of hydrogen-bond acceptors (Lipinski definition) is 5. The number of anilines is 1. The minimum Gasteiger partial charge on any atom is -0.271 e. The Morgan fingerprint density at radius 2 is 1.72 bits per heavy atom. The van der Waals surface area contributed by atoms with E-state index in [1.54, 1.807) is 36.4 Å². The van der Waals surface area contributed by atoms with Gasteiger partial charge < -0.3 is 0 Å². The van der Waals surface area contributed by atoms with Crippen molar-refractivity contribution in [3.8, 4) is 0 Å². The van der Waals surface area contributed by atoms with Crippen molar-refractivity contribution in [3.63, 3.8) is 0 Å². The fourth-order valence-electron chi connectivity index (χ4n) is 3.02. The summed E-state index contributed by atoms with van der Waals surface area (Å²) in [5.74, 6) is -0.723. The van der Waals surface area contributed by atoms with Crippen LogP contribution in [0, 0.1) is 0 Å². The van der Waals surface area contributed by atoms with Crippen LogP contribution in [0.25, 0.3) is 0 Å². The van der Waals surface area contributed by atoms with Crippen LogP contribution in [0.4, 0.5) is 5.69 Å². The first-order valence-electron chi connectivity index (χ1n) is 7.60. The average molecular weight is 375 g/mol. The third kappa shape index (κ3) is 2.77. The van der Waals surface area contributed by atoms with Crippen LogP contribution >= 0.6 is 23.2 Å². The predicted octanol–water partition coefficient (Wildman–Crippen LogP) is 3.49. The van der Waals surface area contributed by atoms with Crippen LogP contribution in [0.5, 0.6) is 0 Å². The van der Waals surface area contributed by atoms with Crippen LogP contribution in [0.15, 0.2) is 58.9 Å². The Kier molecular flexibility index (Phi) is 3.94. The lowest BCUT2D eigenvalue weighted by molar-refractivity contribution is -0.123. The van der Waals surface area contributed by atoms with Gasteiger partial charge >= 0.3 is 0 Å². The zero-order valence-electron chi connectivity index (χ0n) is 12.8. The number of fused-ring (bicyclic) bond motifs is 1. The molecule has 0 spiro atoms. The minimum absolute atomic E-state index is 0.343. The van der Waals surface area contributed by atoms with Gasteiger partial charge in [-0.25, -0.2) is 4.90 Å². The molecule has 0 radical (unpaired) electrons. The van der Waals surface area contributed by atoms with Crippen molar-refractivity contribution in [2.24, 2.45) is 10.3 Å². The summed E-state index contributed by atoms with van der Waals surface area (Å²) >= 11 is 11.9. The second-order valence-electron chi connectivity index (χ2n) is 5.81. The van der Waals surface area contributed by atoms with Gasteiger partial charge in [-0.15, -0.1) is 0 Å². The number of hydrogen-bond donors (Lipinski definition) is 0. The number of carbonyl (C=O) groups is 2. The Morgan fingerprint density at radius 3 is 2.44 bits per heavy atom. The van der Waals surface area contributed by atoms with E-state index < -0.39 is 12.1 Å². The monoisotopic (exact) mass is 374 g/mol. The molecular weight excluding hydrogens is 363 g/mol. The van der Waals surface area contributed by atoms with Crippen LogP contribution in [0.3, 0.4) is 0 Å². The fourth-order valence-corrected chi connectivity index (χ4v) is 3.36. The quantitative estimate of drug-likeness (QED) is 0.772. The van der Waals surface area contributed by atoms with Crippen molar-refractivity contribution >= 4 is 40.7 Å². The minimum atomic E-state index is -0.817. The summed E-state index contributed by atoms with van der Waals surface area (Å²) in [5, 5.41) is 10.7. The molecule has 4 rings (SSSR count). The lowest BCUT2D eigenvalue weighted by atomic mass is 10.1. The topological polar surface area (TPSA) is 65.3 Å². The third-order valence-electron chi connectivity index (χ3n) is 4.18. The smallest absolute Gasteiger partial charge is 0.263 e. The molecule has 2 atom stereocenters. The molecule has 2 aliphatic rings. The van der Waals surface area contributed by atoms with E-state index in [9.17, 15) is 9.59 Å². The average Bonchev–Trinajstić information content (AvgIpc) is 3.10. The van der Waals surface area contributed by atoms with Crippen LogP contribution in [-0.2, 0) is 16.1 Å². The Labute approximate surface area is 153 Å². The molecule has 8 heteroatoms. The van der Waals surface area contributed by atoms with E-state index in [2.05, 4.69) is 10.3 Å². The van der Waals surface area contributed by atoms with E-state index in [0.29, 0.717) is 22.3 Å². The van der Waals surface area contributed by atoms with E-state index in [0.717, 1.165) is 10.5 Å². The Bertz CT molecular complexity index is 884. The molecule has 1 fully saturated rings. The van der Waals surface area contributed by atoms with Crippen LogP contribution < -0.4 is 4.90 Å². The molecule has 0 saturated carbocycles. The largest absolute Gasteiger partial charge is 0.271 e. The molecule has 2 amide bonds. The van der Waals surface area contributed by atoms with E-state index in [4.69, 9.17) is 23.2 Å². The second-order valence-corrected chi connectivity index (χ2v) is 6.68. The van der Waals surface area contributed by atoms with Gasteiger partial charge in [-0.05, 0) is 42.0 Å². The lowest BCUT2D eigenvalue weighted by Crippen LogP contribution is -2.39. The van der Waals surface area contributed by atoms with Crippen LogP contribution in [-0.4, -0.2) is 28.9 Å². The maximum Gasteiger partial charge on any atom is 0.263 e. The molecular formula is C17H12Cl2N4O2. The number of nitrogens with zero attached hydrogens (tertiary/aromatic N) is 4. The van der Waals surface area contributed by atoms with E-state index in [1.807, 2.05) is 12.1 Å². The van der Waals surface area contributed by atoms with Crippen molar-refractivity contribution in [1.82, 2.24) is 5.01 Å². The highest BCUT2D eigenvalue weighted by molar-refractivity contribution is 6.31. The first kappa shape index (κ1) is 16.1. The maximum absolute atomic E-state index is 12.8. The maximum atomic E-state index is 12.8. The zero-order valence-corrected chi connectivity index (χ0v) is 14.4. The predicted molar refractivity (Wildman–Crippen MR) is 93.4 cm³/mol. The molecule has 1 saturated heterocycles. The molecule has 0 bridgehead atoms. The summed E-state index contributed by atoms with van der Waals surface area (Å²) < 4.78 is 0.